The van der Waals surface area contributed by atoms with Crippen LogP contribution in [0.1, 0.15) is 67.9 Å². The highest BCUT2D eigenvalue weighted by molar-refractivity contribution is 5.60. The van der Waals surface area contributed by atoms with Crippen LogP contribution >= 0.6 is 0 Å². The molecule has 1 saturated heterocycles. The van der Waals surface area contributed by atoms with Crippen LogP contribution in [0.4, 0.5) is 11.6 Å². The predicted molar refractivity (Wildman–Crippen MR) is 134 cm³/mol. The van der Waals surface area contributed by atoms with Crippen molar-refractivity contribution in [2.24, 2.45) is 7.05 Å². The molecule has 2 N–H and O–H groups in total. The first-order valence-electron chi connectivity index (χ1n) is 12.2. The van der Waals surface area contributed by atoms with Crippen LogP contribution in [-0.4, -0.2) is 27.6 Å². The van der Waals surface area contributed by atoms with Crippen molar-refractivity contribution in [2.45, 2.75) is 56.8 Å². The molecule has 6 heteroatoms. The number of benzene rings is 1. The second-order valence-electron chi connectivity index (χ2n) is 9.58. The first kappa shape index (κ1) is 21.7. The minimum absolute atomic E-state index is 0.0507. The minimum Gasteiger partial charge on any atom is -0.398 e. The lowest BCUT2D eigenvalue weighted by Crippen LogP contribution is -2.38. The van der Waals surface area contributed by atoms with Crippen LogP contribution in [0, 0.1) is 0 Å². The third-order valence-corrected chi connectivity index (χ3v) is 7.42. The number of hydrogen-bond donors (Lipinski definition) is 1. The van der Waals surface area contributed by atoms with Crippen molar-refractivity contribution in [1.82, 2.24) is 14.5 Å². The number of hydrogen-bond acceptors (Lipinski definition) is 5. The number of nitrogens with zero attached hydrogens (tertiary/aromatic N) is 4. The molecule has 172 valence electrons. The summed E-state index contributed by atoms with van der Waals surface area (Å²) in [4.78, 5) is 23.9. The number of nitrogen functional groups attached to an aromatic ring is 1. The molecule has 1 aromatic carbocycles. The van der Waals surface area contributed by atoms with Gasteiger partial charge in [0.1, 0.15) is 0 Å². The molecule has 2 aliphatic rings. The van der Waals surface area contributed by atoms with E-state index >= 15 is 0 Å². The summed E-state index contributed by atoms with van der Waals surface area (Å²) in [5.74, 6) is 1.71. The lowest BCUT2D eigenvalue weighted by molar-refractivity contribution is 0.443. The fourth-order valence-corrected chi connectivity index (χ4v) is 5.55. The van der Waals surface area contributed by atoms with Crippen molar-refractivity contribution in [2.75, 3.05) is 23.7 Å². The molecule has 0 bridgehead atoms. The van der Waals surface area contributed by atoms with Gasteiger partial charge in [0.2, 0.25) is 5.95 Å². The van der Waals surface area contributed by atoms with E-state index in [-0.39, 0.29) is 5.56 Å². The number of aromatic nitrogens is 3. The molecule has 1 saturated carbocycles. The molecular weight excluding hydrogens is 410 g/mol. The fraction of sp³-hybridized carbons (Fsp3) is 0.444. The second kappa shape index (κ2) is 9.38. The van der Waals surface area contributed by atoms with E-state index in [2.05, 4.69) is 28.1 Å². The molecule has 1 aliphatic carbocycles. The topological polar surface area (TPSA) is 77.0 Å². The van der Waals surface area contributed by atoms with Crippen molar-refractivity contribution in [3.63, 3.8) is 0 Å². The number of piperidine rings is 1. The molecule has 0 amide bonds. The highest BCUT2D eigenvalue weighted by Gasteiger charge is 2.26. The highest BCUT2D eigenvalue weighted by Crippen LogP contribution is 2.37. The molecule has 0 radical (unpaired) electrons. The van der Waals surface area contributed by atoms with E-state index in [4.69, 9.17) is 10.7 Å². The molecular formula is C27H33N5O. The maximum atomic E-state index is 12.7. The number of pyridine rings is 1. The summed E-state index contributed by atoms with van der Waals surface area (Å²) >= 11 is 0. The number of rotatable bonds is 4. The summed E-state index contributed by atoms with van der Waals surface area (Å²) in [6.45, 7) is 1.70. The standard InChI is InChI=1S/C27H33N5O/c1-31-26(33)17-25(20-11-13-29-14-12-20)30-27(31)32-15-5-8-22(18-32)23-10-9-21(16-24(23)28)19-6-3-2-4-7-19/h9-14,16-17,19,22H,2-8,15,18,28H2,1H3. The SMILES string of the molecule is Cn1c(N2CCCC(c3ccc(C4CCCCC4)cc3N)C2)nc(-c2ccncc2)cc1=O. The van der Waals surface area contributed by atoms with E-state index in [1.807, 2.05) is 12.1 Å². The molecule has 2 fully saturated rings. The Hall–Kier alpha value is -3.15. The van der Waals surface area contributed by atoms with Gasteiger partial charge in [-0.25, -0.2) is 4.98 Å². The Labute approximate surface area is 195 Å². The third kappa shape index (κ3) is 4.52. The van der Waals surface area contributed by atoms with Crippen LogP contribution in [0.3, 0.4) is 0 Å². The molecule has 3 aromatic rings. The first-order valence-corrected chi connectivity index (χ1v) is 12.2. The van der Waals surface area contributed by atoms with E-state index in [0.717, 1.165) is 43.1 Å². The van der Waals surface area contributed by atoms with E-state index in [1.54, 1.807) is 30.1 Å². The van der Waals surface area contributed by atoms with E-state index in [9.17, 15) is 4.79 Å². The number of nitrogens with two attached hydrogens (primary N) is 1. The van der Waals surface area contributed by atoms with Gasteiger partial charge >= 0.3 is 0 Å². The van der Waals surface area contributed by atoms with Gasteiger partial charge in [-0.3, -0.25) is 14.3 Å². The Morgan fingerprint density at radius 3 is 2.45 bits per heavy atom. The quantitative estimate of drug-likeness (QED) is 0.583. The lowest BCUT2D eigenvalue weighted by atomic mass is 9.82. The van der Waals surface area contributed by atoms with Crippen molar-refractivity contribution >= 4 is 11.6 Å². The van der Waals surface area contributed by atoms with E-state index in [0.29, 0.717) is 17.5 Å². The predicted octanol–water partition coefficient (Wildman–Crippen LogP) is 4.86. The molecule has 1 atom stereocenters. The molecule has 2 aromatic heterocycles. The summed E-state index contributed by atoms with van der Waals surface area (Å²) < 4.78 is 1.66. The Morgan fingerprint density at radius 1 is 0.939 bits per heavy atom. The summed E-state index contributed by atoms with van der Waals surface area (Å²) in [5, 5.41) is 0. The van der Waals surface area contributed by atoms with E-state index < -0.39 is 0 Å². The molecule has 0 spiro atoms. The third-order valence-electron chi connectivity index (χ3n) is 7.42. The minimum atomic E-state index is -0.0507. The van der Waals surface area contributed by atoms with Gasteiger partial charge in [0, 0.05) is 55.8 Å². The average Bonchev–Trinajstić information content (AvgIpc) is 2.86. The smallest absolute Gasteiger partial charge is 0.255 e. The zero-order valence-corrected chi connectivity index (χ0v) is 19.4. The lowest BCUT2D eigenvalue weighted by Gasteiger charge is -2.35. The second-order valence-corrected chi connectivity index (χ2v) is 9.58. The molecule has 1 unspecified atom stereocenters. The largest absolute Gasteiger partial charge is 0.398 e. The summed E-state index contributed by atoms with van der Waals surface area (Å²) in [6.07, 6.45) is 12.2. The first-order chi connectivity index (χ1) is 16.1. The van der Waals surface area contributed by atoms with Gasteiger partial charge < -0.3 is 10.6 Å². The van der Waals surface area contributed by atoms with Crippen LogP contribution in [-0.2, 0) is 7.05 Å². The molecule has 5 rings (SSSR count). The van der Waals surface area contributed by atoms with Crippen LogP contribution < -0.4 is 16.2 Å². The Balaban J connectivity index is 1.40. The van der Waals surface area contributed by atoms with Crippen LogP contribution in [0.25, 0.3) is 11.3 Å². The van der Waals surface area contributed by atoms with Gasteiger partial charge in [-0.1, -0.05) is 31.4 Å². The van der Waals surface area contributed by atoms with Gasteiger partial charge in [-0.05, 0) is 60.9 Å². The maximum absolute atomic E-state index is 12.7. The fourth-order valence-electron chi connectivity index (χ4n) is 5.55. The van der Waals surface area contributed by atoms with Crippen molar-refractivity contribution in [3.05, 3.63) is 70.3 Å². The van der Waals surface area contributed by atoms with Crippen LogP contribution in [0.15, 0.2) is 53.6 Å². The Kier molecular flexibility index (Phi) is 6.16. The van der Waals surface area contributed by atoms with Gasteiger partial charge in [0.25, 0.3) is 5.56 Å². The monoisotopic (exact) mass is 443 g/mol. The average molecular weight is 444 g/mol. The van der Waals surface area contributed by atoms with Gasteiger partial charge in [0.15, 0.2) is 0 Å². The summed E-state index contributed by atoms with van der Waals surface area (Å²) in [6, 6.07) is 12.2. The normalized spacial score (nSPS) is 19.5. The Morgan fingerprint density at radius 2 is 1.70 bits per heavy atom. The van der Waals surface area contributed by atoms with Crippen molar-refractivity contribution in [1.29, 1.82) is 0 Å². The van der Waals surface area contributed by atoms with E-state index in [1.165, 1.54) is 43.2 Å². The molecule has 3 heterocycles. The maximum Gasteiger partial charge on any atom is 0.255 e. The zero-order chi connectivity index (χ0) is 22.8. The van der Waals surface area contributed by atoms with Gasteiger partial charge in [-0.2, -0.15) is 0 Å². The van der Waals surface area contributed by atoms with Crippen LogP contribution in [0.2, 0.25) is 0 Å². The highest BCUT2D eigenvalue weighted by atomic mass is 16.1. The Bertz CT molecular complexity index is 1170. The van der Waals surface area contributed by atoms with Gasteiger partial charge in [0.05, 0.1) is 5.69 Å². The zero-order valence-electron chi connectivity index (χ0n) is 19.4. The summed E-state index contributed by atoms with van der Waals surface area (Å²) in [7, 11) is 1.80. The van der Waals surface area contributed by atoms with Gasteiger partial charge in [-0.15, -0.1) is 0 Å². The van der Waals surface area contributed by atoms with Crippen LogP contribution in [0.5, 0.6) is 0 Å². The molecule has 33 heavy (non-hydrogen) atoms. The number of anilines is 2. The summed E-state index contributed by atoms with van der Waals surface area (Å²) in [5.41, 5.74) is 11.7. The van der Waals surface area contributed by atoms with Crippen molar-refractivity contribution < 1.29 is 0 Å². The molecule has 1 aliphatic heterocycles. The van der Waals surface area contributed by atoms with Crippen molar-refractivity contribution in [3.8, 4) is 11.3 Å². The molecule has 6 nitrogen and oxygen atoms in total.